The summed E-state index contributed by atoms with van der Waals surface area (Å²) in [6, 6.07) is 8.87. The quantitative estimate of drug-likeness (QED) is 0.120. The molecule has 0 unspecified atom stereocenters. The van der Waals surface area contributed by atoms with E-state index in [1.54, 1.807) is 24.3 Å². The first kappa shape index (κ1) is 26.6. The summed E-state index contributed by atoms with van der Waals surface area (Å²) >= 11 is 1.91. The van der Waals surface area contributed by atoms with Crippen molar-refractivity contribution < 1.29 is 26.3 Å². The molecule has 0 amide bonds. The van der Waals surface area contributed by atoms with Crippen LogP contribution in [0.2, 0.25) is 0 Å². The fourth-order valence-corrected chi connectivity index (χ4v) is 6.16. The van der Waals surface area contributed by atoms with Gasteiger partial charge < -0.3 is 0 Å². The van der Waals surface area contributed by atoms with E-state index < -0.39 is 40.0 Å². The summed E-state index contributed by atoms with van der Waals surface area (Å²) in [7, 11) is 0. The van der Waals surface area contributed by atoms with Gasteiger partial charge in [-0.1, -0.05) is 34.5 Å². The Morgan fingerprint density at radius 3 is 1.84 bits per heavy atom. The molecular weight excluding hydrogens is 538 g/mol. The third-order valence-electron chi connectivity index (χ3n) is 5.94. The van der Waals surface area contributed by atoms with Crippen LogP contribution >= 0.6 is 22.7 Å². The Bertz CT molecular complexity index is 1490. The Morgan fingerprint density at radius 2 is 1.27 bits per heavy atom. The van der Waals surface area contributed by atoms with Gasteiger partial charge in [-0.2, -0.15) is 26.3 Å². The molecule has 0 radical (unpaired) electrons. The van der Waals surface area contributed by atoms with E-state index in [2.05, 4.69) is 20.1 Å². The number of azide groups is 2. The first-order chi connectivity index (χ1) is 17.4. The molecule has 0 bridgehead atoms. The molecule has 3 aromatic rings. The zero-order valence-corrected chi connectivity index (χ0v) is 20.8. The third kappa shape index (κ3) is 4.25. The predicted molar refractivity (Wildman–Crippen MR) is 131 cm³/mol. The highest BCUT2D eigenvalue weighted by molar-refractivity contribution is 7.15. The van der Waals surface area contributed by atoms with Gasteiger partial charge in [-0.15, -0.1) is 22.7 Å². The zero-order chi connectivity index (χ0) is 27.2. The Hall–Kier alpha value is -3.44. The maximum absolute atomic E-state index is 15.2. The number of allylic oxidation sites excluding steroid dienone is 2. The number of halogens is 6. The van der Waals surface area contributed by atoms with Crippen LogP contribution in [0.15, 0.2) is 46.6 Å². The maximum Gasteiger partial charge on any atom is 0.380 e. The first-order valence-electron chi connectivity index (χ1n) is 10.6. The molecule has 14 heteroatoms. The van der Waals surface area contributed by atoms with Gasteiger partial charge in [0.1, 0.15) is 0 Å². The minimum atomic E-state index is -5.67. The first-order valence-corrected chi connectivity index (χ1v) is 12.2. The number of aryl methyl sites for hydroxylation is 2. The third-order valence-corrected chi connectivity index (χ3v) is 8.07. The van der Waals surface area contributed by atoms with Crippen LogP contribution < -0.4 is 0 Å². The molecule has 0 spiro atoms. The molecule has 0 fully saturated rings. The second-order valence-electron chi connectivity index (χ2n) is 8.21. The van der Waals surface area contributed by atoms with Crippen molar-refractivity contribution in [3.8, 4) is 10.4 Å². The molecule has 1 aromatic carbocycles. The van der Waals surface area contributed by atoms with E-state index in [9.17, 15) is 8.78 Å². The summed E-state index contributed by atoms with van der Waals surface area (Å²) in [5.41, 5.74) is 14.5. The van der Waals surface area contributed by atoms with Crippen LogP contribution in [-0.4, -0.2) is 17.8 Å². The van der Waals surface area contributed by atoms with Crippen LogP contribution in [-0.2, 0) is 13.1 Å². The van der Waals surface area contributed by atoms with Crippen LogP contribution in [0.3, 0.4) is 0 Å². The van der Waals surface area contributed by atoms with E-state index in [0.29, 0.717) is 16.0 Å². The second kappa shape index (κ2) is 9.46. The number of benzene rings is 1. The van der Waals surface area contributed by atoms with Crippen LogP contribution in [0.25, 0.3) is 42.5 Å². The average molecular weight is 555 g/mol. The minimum Gasteiger partial charge on any atom is -0.194 e. The van der Waals surface area contributed by atoms with Crippen LogP contribution in [0.4, 0.5) is 26.3 Å². The maximum atomic E-state index is 15.2. The molecule has 4 rings (SSSR count). The summed E-state index contributed by atoms with van der Waals surface area (Å²) in [5.74, 6) is -16.0. The molecular formula is C23H16F6N6S2. The van der Waals surface area contributed by atoms with Crippen molar-refractivity contribution in [2.75, 3.05) is 0 Å². The van der Waals surface area contributed by atoms with E-state index in [4.69, 9.17) is 11.1 Å². The van der Waals surface area contributed by atoms with E-state index in [-0.39, 0.29) is 27.7 Å². The van der Waals surface area contributed by atoms with Gasteiger partial charge in [0.15, 0.2) is 0 Å². The smallest absolute Gasteiger partial charge is 0.194 e. The van der Waals surface area contributed by atoms with Crippen LogP contribution in [0, 0.1) is 13.8 Å². The lowest BCUT2D eigenvalue weighted by atomic mass is 9.94. The minimum absolute atomic E-state index is 0.0970. The van der Waals surface area contributed by atoms with E-state index in [1.807, 2.05) is 0 Å². The van der Waals surface area contributed by atoms with Gasteiger partial charge in [0, 0.05) is 40.5 Å². The molecule has 1 aliphatic rings. The van der Waals surface area contributed by atoms with E-state index in [1.165, 1.54) is 19.9 Å². The molecule has 1 aliphatic carbocycles. The molecule has 6 nitrogen and oxygen atoms in total. The lowest BCUT2D eigenvalue weighted by Gasteiger charge is -2.25. The molecule has 0 aliphatic heterocycles. The molecule has 0 saturated heterocycles. The number of rotatable bonds is 7. The lowest BCUT2D eigenvalue weighted by Crippen LogP contribution is -2.48. The topological polar surface area (TPSA) is 97.5 Å². The average Bonchev–Trinajstić information content (AvgIpc) is 3.43. The van der Waals surface area contributed by atoms with Gasteiger partial charge in [-0.3, -0.25) is 0 Å². The molecule has 2 aromatic heterocycles. The van der Waals surface area contributed by atoms with Gasteiger partial charge in [0.05, 0.1) is 13.1 Å². The fourth-order valence-electron chi connectivity index (χ4n) is 4.16. The molecule has 0 saturated carbocycles. The Kier molecular flexibility index (Phi) is 6.80. The number of thiophene rings is 2. The summed E-state index contributed by atoms with van der Waals surface area (Å²) < 4.78 is 90.1. The highest BCUT2D eigenvalue weighted by Crippen LogP contribution is 2.66. The highest BCUT2D eigenvalue weighted by Gasteiger charge is 2.80. The molecule has 192 valence electrons. The summed E-state index contributed by atoms with van der Waals surface area (Å²) in [6.07, 6.45) is 0. The van der Waals surface area contributed by atoms with Crippen molar-refractivity contribution in [2.45, 2.75) is 44.7 Å². The van der Waals surface area contributed by atoms with Crippen LogP contribution in [0.5, 0.6) is 0 Å². The van der Waals surface area contributed by atoms with Crippen molar-refractivity contribution in [3.05, 3.63) is 88.6 Å². The van der Waals surface area contributed by atoms with Crippen molar-refractivity contribution in [2.24, 2.45) is 10.2 Å². The monoisotopic (exact) mass is 554 g/mol. The largest absolute Gasteiger partial charge is 0.380 e. The summed E-state index contributed by atoms with van der Waals surface area (Å²) in [4.78, 5) is 6.22. The molecule has 2 heterocycles. The molecule has 0 atom stereocenters. The van der Waals surface area contributed by atoms with Gasteiger partial charge in [-0.05, 0) is 59.3 Å². The Morgan fingerprint density at radius 1 is 0.757 bits per heavy atom. The fraction of sp³-hybridized carbons (Fsp3) is 0.304. The van der Waals surface area contributed by atoms with E-state index in [0.717, 1.165) is 28.7 Å². The Labute approximate surface area is 214 Å². The zero-order valence-electron chi connectivity index (χ0n) is 19.1. The van der Waals surface area contributed by atoms with Gasteiger partial charge in [0.2, 0.25) is 0 Å². The molecule has 0 N–H and O–H groups in total. The Balaban J connectivity index is 1.92. The standard InChI is InChI=1S/C23H16F6N6S2/c1-11-16(7-15(36-11)10-33-35-31)19-20(22(26,27)23(28,29)21(19,24)25)17-8-18(37-12(17)2)14-5-3-13(4-6-14)9-32-34-30/h3-8H,9-10H2,1-2H3. The lowest BCUT2D eigenvalue weighted by molar-refractivity contribution is -0.254. The summed E-state index contributed by atoms with van der Waals surface area (Å²) in [5, 5.41) is 6.79. The van der Waals surface area contributed by atoms with Crippen molar-refractivity contribution in [1.82, 2.24) is 0 Å². The SMILES string of the molecule is Cc1sc(CN=[N+]=[N-])cc1C1=C(c2cc(-c3ccc(CN=[N+]=[N-])cc3)sc2C)C(F)(F)C(F)(F)C1(F)F. The van der Waals surface area contributed by atoms with Crippen molar-refractivity contribution in [1.29, 1.82) is 0 Å². The summed E-state index contributed by atoms with van der Waals surface area (Å²) in [6.45, 7) is 2.63. The predicted octanol–water partition coefficient (Wildman–Crippen LogP) is 9.54. The van der Waals surface area contributed by atoms with E-state index >= 15 is 17.6 Å². The van der Waals surface area contributed by atoms with Gasteiger partial charge in [-0.25, -0.2) is 0 Å². The van der Waals surface area contributed by atoms with Crippen molar-refractivity contribution in [3.63, 3.8) is 0 Å². The van der Waals surface area contributed by atoms with Gasteiger partial charge >= 0.3 is 17.8 Å². The van der Waals surface area contributed by atoms with Crippen molar-refractivity contribution >= 4 is 33.8 Å². The number of hydrogen-bond donors (Lipinski definition) is 0. The normalized spacial score (nSPS) is 17.4. The highest BCUT2D eigenvalue weighted by atomic mass is 32.1. The number of nitrogens with zero attached hydrogens (tertiary/aromatic N) is 6. The molecule has 37 heavy (non-hydrogen) atoms. The van der Waals surface area contributed by atoms with Crippen LogP contribution in [0.1, 0.15) is 31.3 Å². The van der Waals surface area contributed by atoms with Gasteiger partial charge in [0.25, 0.3) is 0 Å². The second-order valence-corrected chi connectivity index (χ2v) is 10.8. The number of alkyl halides is 6. The number of hydrogen-bond acceptors (Lipinski definition) is 4.